The van der Waals surface area contributed by atoms with E-state index in [4.69, 9.17) is 67.5 Å². The van der Waals surface area contributed by atoms with Crippen LogP contribution in [-0.2, 0) is 5.41 Å². The Balaban J connectivity index is 1.49. The summed E-state index contributed by atoms with van der Waals surface area (Å²) in [5.41, 5.74) is 4.27. The zero-order valence-electron chi connectivity index (χ0n) is 19.3. The lowest BCUT2D eigenvalue weighted by atomic mass is 9.96. The largest absolute Gasteiger partial charge is 0.418 e. The highest BCUT2D eigenvalue weighted by Crippen LogP contribution is 2.55. The van der Waals surface area contributed by atoms with Gasteiger partial charge in [0, 0.05) is 31.2 Å². The fourth-order valence-electron chi connectivity index (χ4n) is 4.59. The van der Waals surface area contributed by atoms with Gasteiger partial charge >= 0.3 is 0 Å². The van der Waals surface area contributed by atoms with Crippen molar-refractivity contribution in [3.05, 3.63) is 103 Å². The van der Waals surface area contributed by atoms with Gasteiger partial charge in [-0.1, -0.05) is 76.2 Å². The molecule has 5 nitrogen and oxygen atoms in total. The molecule has 1 saturated carbocycles. The van der Waals surface area contributed by atoms with Crippen LogP contribution in [0, 0.1) is 6.92 Å². The maximum Gasteiger partial charge on any atom is 0.268 e. The van der Waals surface area contributed by atoms with Gasteiger partial charge < -0.3 is 4.42 Å². The summed E-state index contributed by atoms with van der Waals surface area (Å²) in [6, 6.07) is 18.2. The summed E-state index contributed by atoms with van der Waals surface area (Å²) in [4.78, 5) is 0. The molecule has 0 amide bonds. The Labute approximate surface area is 237 Å². The van der Waals surface area contributed by atoms with Crippen LogP contribution in [0.25, 0.3) is 28.5 Å². The van der Waals surface area contributed by atoms with E-state index in [0.29, 0.717) is 48.3 Å². The van der Waals surface area contributed by atoms with Crippen molar-refractivity contribution in [1.29, 1.82) is 0 Å². The summed E-state index contributed by atoms with van der Waals surface area (Å²) in [6.07, 6.45) is 1.69. The van der Waals surface area contributed by atoms with Gasteiger partial charge in [-0.05, 0) is 67.8 Å². The molecule has 0 N–H and O–H groups in total. The van der Waals surface area contributed by atoms with E-state index < -0.39 is 5.41 Å². The molecule has 1 aliphatic rings. The van der Waals surface area contributed by atoms with E-state index >= 15 is 0 Å². The summed E-state index contributed by atoms with van der Waals surface area (Å²) in [5, 5.41) is 16.4. The van der Waals surface area contributed by atoms with Crippen molar-refractivity contribution in [2.75, 3.05) is 0 Å². The van der Waals surface area contributed by atoms with Crippen molar-refractivity contribution < 1.29 is 4.42 Å². The molecule has 0 unspecified atom stereocenters. The van der Waals surface area contributed by atoms with Gasteiger partial charge in [0.2, 0.25) is 5.89 Å². The van der Waals surface area contributed by atoms with Crippen LogP contribution in [0.3, 0.4) is 0 Å². The summed E-state index contributed by atoms with van der Waals surface area (Å²) in [7, 11) is 0. The number of nitrogens with zero attached hydrogens (tertiary/aromatic N) is 4. The Morgan fingerprint density at radius 3 is 2.08 bits per heavy atom. The quantitative estimate of drug-likeness (QED) is 0.205. The minimum absolute atomic E-state index is 0.308. The van der Waals surface area contributed by atoms with Crippen LogP contribution in [0.1, 0.15) is 29.9 Å². The molecule has 0 aliphatic heterocycles. The van der Waals surface area contributed by atoms with Crippen LogP contribution >= 0.6 is 58.0 Å². The molecule has 3 aromatic carbocycles. The molecule has 2 aromatic heterocycles. The SMILES string of the molecule is Cc1c(-c2nnc(C3(c4ccc(Cl)cc4Cl)CC3)o2)nn(-c2ccc(Cl)cc2Cl)c1-c1ccc(Cl)cc1. The van der Waals surface area contributed by atoms with E-state index in [1.807, 2.05) is 49.4 Å². The van der Waals surface area contributed by atoms with E-state index in [2.05, 4.69) is 10.2 Å². The van der Waals surface area contributed by atoms with E-state index in [1.54, 1.807) is 22.9 Å². The average Bonchev–Trinajstić information content (AvgIpc) is 3.37. The molecule has 0 bridgehead atoms. The van der Waals surface area contributed by atoms with Crippen molar-refractivity contribution >= 4 is 58.0 Å². The summed E-state index contributed by atoms with van der Waals surface area (Å²) in [6.45, 7) is 1.96. The standard InChI is InChI=1S/C27H17Cl5N4O/c1-14-23(25-33-34-26(37-25)27(10-11-27)19-8-6-17(29)12-20(19)31)35-36(22-9-7-18(30)13-21(22)32)24(14)15-2-4-16(28)5-3-15/h2-9,12-13H,10-11H2,1H3. The number of hydrogen-bond acceptors (Lipinski definition) is 4. The van der Waals surface area contributed by atoms with Crippen LogP contribution in [-0.4, -0.2) is 20.0 Å². The second-order valence-electron chi connectivity index (χ2n) is 8.96. The first-order valence-corrected chi connectivity index (χ1v) is 13.3. The first-order chi connectivity index (χ1) is 17.8. The molecule has 0 atom stereocenters. The lowest BCUT2D eigenvalue weighted by molar-refractivity contribution is 0.470. The Hall–Kier alpha value is -2.54. The Morgan fingerprint density at radius 2 is 1.43 bits per heavy atom. The molecule has 2 heterocycles. The molecule has 1 fully saturated rings. The molecule has 10 heteroatoms. The van der Waals surface area contributed by atoms with Crippen molar-refractivity contribution in [3.8, 4) is 28.5 Å². The summed E-state index contributed by atoms with van der Waals surface area (Å²) < 4.78 is 8.02. The number of aromatic nitrogens is 4. The summed E-state index contributed by atoms with van der Waals surface area (Å²) in [5.74, 6) is 0.807. The maximum atomic E-state index is 6.58. The minimum atomic E-state index is -0.429. The first-order valence-electron chi connectivity index (χ1n) is 11.4. The number of halogens is 5. The van der Waals surface area contributed by atoms with Crippen LogP contribution in [0.5, 0.6) is 0 Å². The predicted molar refractivity (Wildman–Crippen MR) is 149 cm³/mol. The topological polar surface area (TPSA) is 56.7 Å². The van der Waals surface area contributed by atoms with Crippen molar-refractivity contribution in [3.63, 3.8) is 0 Å². The fourth-order valence-corrected chi connectivity index (χ4v) is 5.79. The maximum absolute atomic E-state index is 6.58. The van der Waals surface area contributed by atoms with Gasteiger partial charge in [-0.15, -0.1) is 10.2 Å². The van der Waals surface area contributed by atoms with E-state index in [-0.39, 0.29) is 0 Å². The molecular formula is C27H17Cl5N4O. The second-order valence-corrected chi connectivity index (χ2v) is 11.1. The molecule has 0 radical (unpaired) electrons. The Bertz CT molecular complexity index is 1650. The highest BCUT2D eigenvalue weighted by Gasteiger charge is 2.52. The molecule has 186 valence electrons. The second kappa shape index (κ2) is 9.33. The summed E-state index contributed by atoms with van der Waals surface area (Å²) >= 11 is 31.5. The van der Waals surface area contributed by atoms with Gasteiger partial charge in [-0.3, -0.25) is 0 Å². The van der Waals surface area contributed by atoms with Crippen LogP contribution in [0.2, 0.25) is 25.1 Å². The van der Waals surface area contributed by atoms with Crippen molar-refractivity contribution in [1.82, 2.24) is 20.0 Å². The van der Waals surface area contributed by atoms with E-state index in [1.165, 1.54) is 0 Å². The zero-order chi connectivity index (χ0) is 25.9. The van der Waals surface area contributed by atoms with Crippen LogP contribution in [0.4, 0.5) is 0 Å². The average molecular weight is 591 g/mol. The smallest absolute Gasteiger partial charge is 0.268 e. The van der Waals surface area contributed by atoms with Crippen LogP contribution in [0.15, 0.2) is 65.1 Å². The van der Waals surface area contributed by atoms with E-state index in [9.17, 15) is 0 Å². The van der Waals surface area contributed by atoms with Crippen molar-refractivity contribution in [2.45, 2.75) is 25.2 Å². The fraction of sp³-hybridized carbons (Fsp3) is 0.148. The number of hydrogen-bond donors (Lipinski definition) is 0. The minimum Gasteiger partial charge on any atom is -0.418 e. The number of rotatable bonds is 5. The lowest BCUT2D eigenvalue weighted by Gasteiger charge is -2.13. The first kappa shape index (κ1) is 24.8. The Morgan fingerprint density at radius 1 is 0.784 bits per heavy atom. The molecule has 37 heavy (non-hydrogen) atoms. The zero-order valence-corrected chi connectivity index (χ0v) is 23.1. The molecule has 0 saturated heterocycles. The van der Waals surface area contributed by atoms with Gasteiger partial charge in [-0.2, -0.15) is 5.10 Å². The lowest BCUT2D eigenvalue weighted by Crippen LogP contribution is -2.09. The third-order valence-electron chi connectivity index (χ3n) is 6.61. The van der Waals surface area contributed by atoms with E-state index in [0.717, 1.165) is 35.2 Å². The van der Waals surface area contributed by atoms with Gasteiger partial charge in [0.1, 0.15) is 0 Å². The van der Waals surface area contributed by atoms with Gasteiger partial charge in [0.05, 0.1) is 21.8 Å². The highest BCUT2D eigenvalue weighted by atomic mass is 35.5. The molecule has 6 rings (SSSR count). The normalized spacial score (nSPS) is 14.2. The monoisotopic (exact) mass is 588 g/mol. The molecular weight excluding hydrogens is 574 g/mol. The van der Waals surface area contributed by atoms with Crippen LogP contribution < -0.4 is 0 Å². The molecule has 0 spiro atoms. The highest BCUT2D eigenvalue weighted by molar-refractivity contribution is 6.36. The Kier molecular flexibility index (Phi) is 6.25. The van der Waals surface area contributed by atoms with Gasteiger partial charge in [0.15, 0.2) is 5.69 Å². The van der Waals surface area contributed by atoms with Gasteiger partial charge in [-0.25, -0.2) is 4.68 Å². The van der Waals surface area contributed by atoms with Crippen molar-refractivity contribution in [2.24, 2.45) is 0 Å². The third-order valence-corrected chi connectivity index (χ3v) is 7.95. The number of benzene rings is 3. The molecule has 5 aromatic rings. The molecule has 1 aliphatic carbocycles. The van der Waals surface area contributed by atoms with Gasteiger partial charge in [0.25, 0.3) is 5.89 Å². The predicted octanol–water partition coefficient (Wildman–Crippen LogP) is 9.24. The third kappa shape index (κ3) is 4.33.